The highest BCUT2D eigenvalue weighted by Gasteiger charge is 2.21. The van der Waals surface area contributed by atoms with Crippen LogP contribution < -0.4 is 5.32 Å². The summed E-state index contributed by atoms with van der Waals surface area (Å²) in [7, 11) is 2.20. The lowest BCUT2D eigenvalue weighted by Crippen LogP contribution is -2.32. The van der Waals surface area contributed by atoms with Crippen LogP contribution in [0.3, 0.4) is 0 Å². The van der Waals surface area contributed by atoms with Crippen LogP contribution in [0.4, 0.5) is 5.95 Å². The smallest absolute Gasteiger partial charge is 0.259 e. The Morgan fingerprint density at radius 1 is 1.16 bits per heavy atom. The van der Waals surface area contributed by atoms with Crippen LogP contribution in [0.1, 0.15) is 73.0 Å². The molecule has 3 aromatic rings. The largest absolute Gasteiger partial charge is 0.343 e. The first-order valence-electron chi connectivity index (χ1n) is 13.7. The van der Waals surface area contributed by atoms with Crippen LogP contribution in [0.25, 0.3) is 11.0 Å². The molecule has 0 bridgehead atoms. The molecule has 2 amide bonds. The molecule has 2 fully saturated rings. The van der Waals surface area contributed by atoms with Crippen molar-refractivity contribution in [3.05, 3.63) is 53.3 Å². The fraction of sp³-hybridized carbons (Fsp3) is 0.483. The molecule has 198 valence electrons. The number of aromatic nitrogens is 3. The third-order valence-electron chi connectivity index (χ3n) is 7.79. The Morgan fingerprint density at radius 2 is 2.00 bits per heavy atom. The minimum Gasteiger partial charge on any atom is -0.343 e. The van der Waals surface area contributed by atoms with Gasteiger partial charge in [0.15, 0.2) is 0 Å². The van der Waals surface area contributed by atoms with Crippen molar-refractivity contribution in [1.82, 2.24) is 24.3 Å². The Morgan fingerprint density at radius 3 is 2.71 bits per heavy atom. The van der Waals surface area contributed by atoms with Gasteiger partial charge in [-0.15, -0.1) is 0 Å². The summed E-state index contributed by atoms with van der Waals surface area (Å²) in [6.07, 6.45) is 10.2. The minimum atomic E-state index is -0.328. The van der Waals surface area contributed by atoms with Gasteiger partial charge in [0.1, 0.15) is 11.8 Å². The van der Waals surface area contributed by atoms with Crippen molar-refractivity contribution in [1.29, 1.82) is 5.26 Å². The maximum absolute atomic E-state index is 13.0. The van der Waals surface area contributed by atoms with E-state index in [2.05, 4.69) is 40.4 Å². The third-order valence-corrected chi connectivity index (χ3v) is 7.79. The summed E-state index contributed by atoms with van der Waals surface area (Å²) in [5.41, 5.74) is 3.61. The fourth-order valence-electron chi connectivity index (χ4n) is 5.66. The van der Waals surface area contributed by atoms with E-state index in [-0.39, 0.29) is 17.5 Å². The molecule has 0 atom stereocenters. The van der Waals surface area contributed by atoms with Crippen molar-refractivity contribution in [2.45, 2.75) is 70.5 Å². The molecule has 0 radical (unpaired) electrons. The van der Waals surface area contributed by atoms with Gasteiger partial charge in [-0.05, 0) is 62.6 Å². The Kier molecular flexibility index (Phi) is 7.99. The molecule has 2 aliphatic rings. The summed E-state index contributed by atoms with van der Waals surface area (Å²) in [6, 6.07) is 12.1. The minimum absolute atomic E-state index is 0.217. The maximum Gasteiger partial charge on any atom is 0.259 e. The lowest BCUT2D eigenvalue weighted by atomic mass is 9.94. The lowest BCUT2D eigenvalue weighted by molar-refractivity contribution is -0.127. The van der Waals surface area contributed by atoms with Crippen LogP contribution in [0.5, 0.6) is 0 Å². The summed E-state index contributed by atoms with van der Waals surface area (Å²) in [5, 5.41) is 11.9. The normalized spacial score (nSPS) is 16.3. The number of imidazole rings is 1. The molecule has 9 nitrogen and oxygen atoms in total. The number of pyridine rings is 1. The molecule has 0 spiro atoms. The van der Waals surface area contributed by atoms with Gasteiger partial charge in [-0.3, -0.25) is 19.8 Å². The quantitative estimate of drug-likeness (QED) is 0.456. The molecule has 1 aromatic carbocycles. The van der Waals surface area contributed by atoms with Crippen LogP contribution >= 0.6 is 0 Å². The van der Waals surface area contributed by atoms with Gasteiger partial charge in [-0.2, -0.15) is 5.26 Å². The summed E-state index contributed by atoms with van der Waals surface area (Å²) in [4.78, 5) is 38.3. The molecule has 1 aliphatic carbocycles. The Labute approximate surface area is 223 Å². The van der Waals surface area contributed by atoms with Crippen molar-refractivity contribution in [2.24, 2.45) is 0 Å². The van der Waals surface area contributed by atoms with E-state index >= 15 is 0 Å². The van der Waals surface area contributed by atoms with E-state index < -0.39 is 0 Å². The van der Waals surface area contributed by atoms with Crippen molar-refractivity contribution in [3.63, 3.8) is 0 Å². The molecule has 9 heteroatoms. The second kappa shape index (κ2) is 11.7. The SMILES string of the molecule is CN(Cc1ccc2c(c1)nc(NC(=O)c1ccc(C#N)nc1)n2CCCN1CCCC1=O)C1CCCCC1. The number of carbonyl (C=O) groups is 2. The van der Waals surface area contributed by atoms with E-state index in [4.69, 9.17) is 10.2 Å². The van der Waals surface area contributed by atoms with E-state index in [1.165, 1.54) is 49.9 Å². The monoisotopic (exact) mass is 513 g/mol. The lowest BCUT2D eigenvalue weighted by Gasteiger charge is -2.31. The number of carbonyl (C=O) groups excluding carboxylic acids is 2. The highest BCUT2D eigenvalue weighted by atomic mass is 16.2. The molecule has 1 saturated heterocycles. The molecule has 1 saturated carbocycles. The molecule has 1 aliphatic heterocycles. The second-order valence-corrected chi connectivity index (χ2v) is 10.5. The molecular formula is C29H35N7O2. The number of hydrogen-bond acceptors (Lipinski definition) is 6. The number of hydrogen-bond donors (Lipinski definition) is 1. The molecule has 38 heavy (non-hydrogen) atoms. The van der Waals surface area contributed by atoms with Gasteiger partial charge in [-0.1, -0.05) is 25.3 Å². The summed E-state index contributed by atoms with van der Waals surface area (Å²) in [6.45, 7) is 3.00. The van der Waals surface area contributed by atoms with Crippen LogP contribution in [0.2, 0.25) is 0 Å². The van der Waals surface area contributed by atoms with Gasteiger partial charge in [0.05, 0.1) is 16.6 Å². The highest BCUT2D eigenvalue weighted by molar-refractivity contribution is 6.04. The summed E-state index contributed by atoms with van der Waals surface area (Å²) >= 11 is 0. The molecule has 0 unspecified atom stereocenters. The number of nitrogens with one attached hydrogen (secondary N) is 1. The predicted molar refractivity (Wildman–Crippen MR) is 145 cm³/mol. The first kappa shape index (κ1) is 25.9. The number of fused-ring (bicyclic) bond motifs is 1. The fourth-order valence-corrected chi connectivity index (χ4v) is 5.66. The number of nitriles is 1. The van der Waals surface area contributed by atoms with Gasteiger partial charge in [0.2, 0.25) is 11.9 Å². The number of benzene rings is 1. The average Bonchev–Trinajstić information content (AvgIpc) is 3.51. The van der Waals surface area contributed by atoms with E-state index in [9.17, 15) is 9.59 Å². The average molecular weight is 514 g/mol. The van der Waals surface area contributed by atoms with E-state index in [1.807, 2.05) is 15.5 Å². The van der Waals surface area contributed by atoms with Crippen LogP contribution in [-0.2, 0) is 17.9 Å². The third kappa shape index (κ3) is 5.86. The van der Waals surface area contributed by atoms with Crippen molar-refractivity contribution < 1.29 is 9.59 Å². The van der Waals surface area contributed by atoms with Gasteiger partial charge in [0, 0.05) is 44.8 Å². The Hall–Kier alpha value is -3.77. The molecule has 2 aromatic heterocycles. The summed E-state index contributed by atoms with van der Waals surface area (Å²) < 4.78 is 2.03. The number of likely N-dealkylation sites (tertiary alicyclic amines) is 1. The maximum atomic E-state index is 13.0. The standard InChI is InChI=1S/C29H35N7O2/c1-34(24-7-3-2-4-8-24)20-21-10-13-26-25(17-21)32-29(33-28(38)22-11-12-23(18-30)31-19-22)36(26)16-6-15-35-14-5-9-27(35)37/h10-13,17,19,24H,2-9,14-16,20H2,1H3,(H,32,33,38). The van der Waals surface area contributed by atoms with Crippen LogP contribution in [0.15, 0.2) is 36.5 Å². The molecule has 3 heterocycles. The van der Waals surface area contributed by atoms with Crippen LogP contribution in [-0.4, -0.2) is 62.3 Å². The number of nitrogens with zero attached hydrogens (tertiary/aromatic N) is 6. The zero-order valence-electron chi connectivity index (χ0n) is 22.0. The Bertz CT molecular complexity index is 1340. The molecule has 1 N–H and O–H groups in total. The van der Waals surface area contributed by atoms with E-state index in [0.29, 0.717) is 37.1 Å². The number of aryl methyl sites for hydroxylation is 1. The van der Waals surface area contributed by atoms with E-state index in [1.54, 1.807) is 6.07 Å². The van der Waals surface area contributed by atoms with E-state index in [0.717, 1.165) is 37.0 Å². The molecule has 5 rings (SSSR count). The second-order valence-electron chi connectivity index (χ2n) is 10.5. The molecular weight excluding hydrogens is 478 g/mol. The van der Waals surface area contributed by atoms with Crippen molar-refractivity contribution in [3.8, 4) is 6.07 Å². The number of anilines is 1. The van der Waals surface area contributed by atoms with Crippen molar-refractivity contribution in [2.75, 3.05) is 25.5 Å². The van der Waals surface area contributed by atoms with Gasteiger partial charge in [0.25, 0.3) is 5.91 Å². The number of amides is 2. The zero-order chi connectivity index (χ0) is 26.5. The predicted octanol–water partition coefficient (Wildman–Crippen LogP) is 4.33. The number of rotatable bonds is 9. The first-order valence-corrected chi connectivity index (χ1v) is 13.7. The van der Waals surface area contributed by atoms with Gasteiger partial charge >= 0.3 is 0 Å². The van der Waals surface area contributed by atoms with Gasteiger partial charge in [-0.25, -0.2) is 9.97 Å². The topological polar surface area (TPSA) is 107 Å². The first-order chi connectivity index (χ1) is 18.5. The van der Waals surface area contributed by atoms with Crippen LogP contribution in [0, 0.1) is 11.3 Å². The summed E-state index contributed by atoms with van der Waals surface area (Å²) in [5.74, 6) is 0.361. The Balaban J connectivity index is 1.36. The highest BCUT2D eigenvalue weighted by Crippen LogP contribution is 2.26. The zero-order valence-corrected chi connectivity index (χ0v) is 22.0. The van der Waals surface area contributed by atoms with Gasteiger partial charge < -0.3 is 9.47 Å². The van der Waals surface area contributed by atoms with Crippen molar-refractivity contribution >= 4 is 28.8 Å².